The van der Waals surface area contributed by atoms with Crippen LogP contribution < -0.4 is 5.32 Å². The van der Waals surface area contributed by atoms with Crippen LogP contribution in [-0.4, -0.2) is 27.4 Å². The van der Waals surface area contributed by atoms with Crippen LogP contribution in [0.2, 0.25) is 0 Å². The van der Waals surface area contributed by atoms with E-state index in [1.54, 1.807) is 6.07 Å². The van der Waals surface area contributed by atoms with E-state index in [0.29, 0.717) is 13.0 Å². The monoisotopic (exact) mass is 324 g/mol. The first-order chi connectivity index (χ1) is 11.6. The highest BCUT2D eigenvalue weighted by molar-refractivity contribution is 5.91. The summed E-state index contributed by atoms with van der Waals surface area (Å²) in [6.45, 7) is 4.52. The highest BCUT2D eigenvalue weighted by Gasteiger charge is 2.14. The third kappa shape index (κ3) is 3.71. The zero-order chi connectivity index (χ0) is 16.9. The number of amides is 1. The number of para-hydroxylation sites is 1. The number of benzene rings is 1. The molecule has 0 saturated carbocycles. The van der Waals surface area contributed by atoms with Crippen LogP contribution in [0.3, 0.4) is 0 Å². The van der Waals surface area contributed by atoms with Gasteiger partial charge < -0.3 is 9.84 Å². The second-order valence-electron chi connectivity index (χ2n) is 5.91. The van der Waals surface area contributed by atoms with Crippen LogP contribution in [0, 0.1) is 0 Å². The van der Waals surface area contributed by atoms with Gasteiger partial charge in [0.2, 0.25) is 5.76 Å². The number of hydrogen-bond donors (Lipinski definition) is 1. The first-order valence-electron chi connectivity index (χ1n) is 7.97. The maximum Gasteiger partial charge on any atom is 0.289 e. The first kappa shape index (κ1) is 16.0. The summed E-state index contributed by atoms with van der Waals surface area (Å²) in [6.07, 6.45) is 4.47. The minimum atomic E-state index is -0.246. The molecule has 0 bridgehead atoms. The molecule has 0 spiro atoms. The number of carbonyl (C=O) groups excluding carboxylic acids is 1. The fourth-order valence-corrected chi connectivity index (χ4v) is 2.29. The molecule has 0 aliphatic heterocycles. The highest BCUT2D eigenvalue weighted by Crippen LogP contribution is 2.14. The SMILES string of the molecule is CC(C)c1cc(C(=O)NCCc2cnn(-c3ccccc3)c2)on1. The molecule has 3 rings (SSSR count). The Hall–Kier alpha value is -2.89. The Morgan fingerprint density at radius 2 is 2.08 bits per heavy atom. The van der Waals surface area contributed by atoms with Gasteiger partial charge in [-0.05, 0) is 30.0 Å². The third-order valence-corrected chi connectivity index (χ3v) is 3.70. The molecule has 0 atom stereocenters. The van der Waals surface area contributed by atoms with E-state index in [-0.39, 0.29) is 17.6 Å². The van der Waals surface area contributed by atoms with Crippen molar-refractivity contribution >= 4 is 5.91 Å². The van der Waals surface area contributed by atoms with Gasteiger partial charge in [-0.15, -0.1) is 0 Å². The fourth-order valence-electron chi connectivity index (χ4n) is 2.29. The molecule has 0 saturated heterocycles. The number of carbonyl (C=O) groups is 1. The molecule has 2 aromatic heterocycles. The summed E-state index contributed by atoms with van der Waals surface area (Å²) in [5.74, 6) is 0.239. The Balaban J connectivity index is 1.53. The summed E-state index contributed by atoms with van der Waals surface area (Å²) in [4.78, 5) is 12.0. The molecule has 0 fully saturated rings. The number of nitrogens with zero attached hydrogens (tertiary/aromatic N) is 3. The van der Waals surface area contributed by atoms with Crippen molar-refractivity contribution in [3.05, 3.63) is 65.8 Å². The van der Waals surface area contributed by atoms with Crippen molar-refractivity contribution in [2.45, 2.75) is 26.2 Å². The van der Waals surface area contributed by atoms with Crippen LogP contribution in [0.5, 0.6) is 0 Å². The van der Waals surface area contributed by atoms with Gasteiger partial charge in [0.1, 0.15) is 0 Å². The molecular weight excluding hydrogens is 304 g/mol. The minimum absolute atomic E-state index is 0.235. The van der Waals surface area contributed by atoms with E-state index in [0.717, 1.165) is 16.9 Å². The smallest absolute Gasteiger partial charge is 0.289 e. The summed E-state index contributed by atoms with van der Waals surface area (Å²) in [5.41, 5.74) is 2.85. The van der Waals surface area contributed by atoms with Gasteiger partial charge in [-0.25, -0.2) is 4.68 Å². The third-order valence-electron chi connectivity index (χ3n) is 3.70. The second-order valence-corrected chi connectivity index (χ2v) is 5.91. The predicted octanol–water partition coefficient (Wildman–Crippen LogP) is 2.96. The van der Waals surface area contributed by atoms with Gasteiger partial charge in [0.15, 0.2) is 0 Å². The Morgan fingerprint density at radius 1 is 1.29 bits per heavy atom. The van der Waals surface area contributed by atoms with Crippen molar-refractivity contribution in [1.29, 1.82) is 0 Å². The van der Waals surface area contributed by atoms with E-state index in [1.807, 2.05) is 61.3 Å². The Bertz CT molecular complexity index is 805. The van der Waals surface area contributed by atoms with Crippen molar-refractivity contribution in [3.63, 3.8) is 0 Å². The fraction of sp³-hybridized carbons (Fsp3) is 0.278. The molecule has 3 aromatic rings. The minimum Gasteiger partial charge on any atom is -0.351 e. The van der Waals surface area contributed by atoms with E-state index in [9.17, 15) is 4.79 Å². The standard InChI is InChI=1S/C18H20N4O2/c1-13(2)16-10-17(24-21-16)18(23)19-9-8-14-11-20-22(12-14)15-6-4-3-5-7-15/h3-7,10-13H,8-9H2,1-2H3,(H,19,23). The molecule has 0 aliphatic rings. The molecular formula is C18H20N4O2. The molecule has 6 nitrogen and oxygen atoms in total. The van der Waals surface area contributed by atoms with Gasteiger partial charge in [-0.2, -0.15) is 5.10 Å². The van der Waals surface area contributed by atoms with Gasteiger partial charge in [-0.1, -0.05) is 37.2 Å². The molecule has 124 valence electrons. The van der Waals surface area contributed by atoms with E-state index in [2.05, 4.69) is 15.6 Å². The second kappa shape index (κ2) is 7.12. The predicted molar refractivity (Wildman–Crippen MR) is 90.2 cm³/mol. The molecule has 0 unspecified atom stereocenters. The number of nitrogens with one attached hydrogen (secondary N) is 1. The summed E-state index contributed by atoms with van der Waals surface area (Å²) >= 11 is 0. The molecule has 0 radical (unpaired) electrons. The van der Waals surface area contributed by atoms with Crippen LogP contribution in [0.15, 0.2) is 53.3 Å². The quantitative estimate of drug-likeness (QED) is 0.756. The molecule has 2 heterocycles. The molecule has 1 N–H and O–H groups in total. The number of rotatable bonds is 6. The Morgan fingerprint density at radius 3 is 2.79 bits per heavy atom. The van der Waals surface area contributed by atoms with Crippen LogP contribution in [0.4, 0.5) is 0 Å². The largest absolute Gasteiger partial charge is 0.351 e. The van der Waals surface area contributed by atoms with Crippen molar-refractivity contribution in [2.24, 2.45) is 0 Å². The average molecular weight is 324 g/mol. The molecule has 24 heavy (non-hydrogen) atoms. The van der Waals surface area contributed by atoms with Crippen molar-refractivity contribution in [3.8, 4) is 5.69 Å². The topological polar surface area (TPSA) is 73.0 Å². The Labute approximate surface area is 140 Å². The van der Waals surface area contributed by atoms with Gasteiger partial charge >= 0.3 is 0 Å². The van der Waals surface area contributed by atoms with E-state index in [1.165, 1.54) is 0 Å². The van der Waals surface area contributed by atoms with Gasteiger partial charge in [0.05, 0.1) is 17.6 Å². The van der Waals surface area contributed by atoms with Gasteiger partial charge in [0, 0.05) is 18.8 Å². The molecule has 1 amide bonds. The van der Waals surface area contributed by atoms with Crippen molar-refractivity contribution in [1.82, 2.24) is 20.3 Å². The summed E-state index contributed by atoms with van der Waals surface area (Å²) in [6, 6.07) is 11.6. The van der Waals surface area contributed by atoms with Crippen molar-refractivity contribution in [2.75, 3.05) is 6.54 Å². The van der Waals surface area contributed by atoms with Crippen LogP contribution in [0.25, 0.3) is 5.69 Å². The lowest BCUT2D eigenvalue weighted by Crippen LogP contribution is -2.25. The van der Waals surface area contributed by atoms with Crippen molar-refractivity contribution < 1.29 is 9.32 Å². The van der Waals surface area contributed by atoms with Crippen LogP contribution in [-0.2, 0) is 6.42 Å². The lowest BCUT2D eigenvalue weighted by atomic mass is 10.1. The maximum atomic E-state index is 12.0. The Kier molecular flexibility index (Phi) is 4.74. The normalized spacial score (nSPS) is 11.0. The highest BCUT2D eigenvalue weighted by atomic mass is 16.5. The summed E-state index contributed by atoms with van der Waals surface area (Å²) in [7, 11) is 0. The van der Waals surface area contributed by atoms with E-state index < -0.39 is 0 Å². The number of aromatic nitrogens is 3. The summed E-state index contributed by atoms with van der Waals surface area (Å²) < 4.78 is 6.90. The molecule has 6 heteroatoms. The zero-order valence-electron chi connectivity index (χ0n) is 13.8. The van der Waals surface area contributed by atoms with Gasteiger partial charge in [-0.3, -0.25) is 4.79 Å². The van der Waals surface area contributed by atoms with Crippen LogP contribution in [0.1, 0.15) is 41.6 Å². The van der Waals surface area contributed by atoms with E-state index >= 15 is 0 Å². The lowest BCUT2D eigenvalue weighted by molar-refractivity contribution is 0.0917. The first-order valence-corrected chi connectivity index (χ1v) is 7.97. The average Bonchev–Trinajstić information content (AvgIpc) is 3.25. The van der Waals surface area contributed by atoms with E-state index in [4.69, 9.17) is 4.52 Å². The van der Waals surface area contributed by atoms with Gasteiger partial charge in [0.25, 0.3) is 5.91 Å². The van der Waals surface area contributed by atoms with Crippen LogP contribution >= 0.6 is 0 Å². The maximum absolute atomic E-state index is 12.0. The summed E-state index contributed by atoms with van der Waals surface area (Å²) in [5, 5.41) is 11.1. The number of hydrogen-bond acceptors (Lipinski definition) is 4. The molecule has 0 aliphatic carbocycles. The molecule has 1 aromatic carbocycles. The lowest BCUT2D eigenvalue weighted by Gasteiger charge is -2.01. The zero-order valence-corrected chi connectivity index (χ0v) is 13.8.